The van der Waals surface area contributed by atoms with Gasteiger partial charge in [-0.15, -0.1) is 0 Å². The lowest BCUT2D eigenvalue weighted by molar-refractivity contribution is -0.134. The largest absolute Gasteiger partial charge is 0.481 e. The van der Waals surface area contributed by atoms with Crippen molar-refractivity contribution in [3.8, 4) is 0 Å². The smallest absolute Gasteiger partial charge is 0.339 e. The van der Waals surface area contributed by atoms with Crippen molar-refractivity contribution < 1.29 is 43.6 Å². The molecular formula is C15H21N6O9P. The monoisotopic (exact) mass is 460 g/mol. The summed E-state index contributed by atoms with van der Waals surface area (Å²) in [6, 6.07) is -0.503. The molecule has 2 unspecified atom stereocenters. The van der Waals surface area contributed by atoms with Crippen molar-refractivity contribution in [3.63, 3.8) is 0 Å². The maximum absolute atomic E-state index is 11.8. The lowest BCUT2D eigenvalue weighted by atomic mass is 10.1. The molecule has 1 fully saturated rings. The van der Waals surface area contributed by atoms with E-state index in [1.54, 1.807) is 6.92 Å². The van der Waals surface area contributed by atoms with Crippen molar-refractivity contribution in [1.29, 1.82) is 0 Å². The molecule has 5 atom stereocenters. The molecule has 6 N–H and O–H groups in total. The first-order chi connectivity index (χ1) is 14.6. The second-order valence-corrected chi connectivity index (χ2v) is 8.41. The quantitative estimate of drug-likeness (QED) is 0.258. The fourth-order valence-corrected chi connectivity index (χ4v) is 3.76. The van der Waals surface area contributed by atoms with E-state index in [9.17, 15) is 29.3 Å². The molecule has 1 aliphatic rings. The molecule has 0 radical (unpaired) electrons. The Bertz CT molecular complexity index is 1020. The molecule has 1 aliphatic heterocycles. The number of carbonyl (C=O) groups is 2. The first kappa shape index (κ1) is 23.0. The molecule has 0 saturated carbocycles. The Balaban J connectivity index is 1.77. The summed E-state index contributed by atoms with van der Waals surface area (Å²) in [7, 11) is -4.45. The molecule has 16 heteroatoms. The number of aliphatic carboxylic acids is 1. The first-order valence-electron chi connectivity index (χ1n) is 9.05. The molecule has 2 aromatic heterocycles. The van der Waals surface area contributed by atoms with Crippen molar-refractivity contribution >= 4 is 36.6 Å². The highest BCUT2D eigenvalue weighted by atomic mass is 31.2. The third-order valence-electron chi connectivity index (χ3n) is 4.32. The molecule has 0 spiro atoms. The van der Waals surface area contributed by atoms with E-state index < -0.39 is 56.9 Å². The summed E-state index contributed by atoms with van der Waals surface area (Å²) in [5.41, 5.74) is 0.374. The van der Waals surface area contributed by atoms with Crippen LogP contribution in [0.15, 0.2) is 12.7 Å². The van der Waals surface area contributed by atoms with E-state index in [0.29, 0.717) is 6.54 Å². The molecule has 3 rings (SSSR count). The van der Waals surface area contributed by atoms with Crippen LogP contribution in [0.4, 0.5) is 10.6 Å². The number of imidazole rings is 1. The van der Waals surface area contributed by atoms with Gasteiger partial charge in [0.1, 0.15) is 30.8 Å². The Morgan fingerprint density at radius 1 is 1.29 bits per heavy atom. The summed E-state index contributed by atoms with van der Waals surface area (Å²) < 4.78 is 23.3. The van der Waals surface area contributed by atoms with Crippen molar-refractivity contribution in [1.82, 2.24) is 24.8 Å². The number of aliphatic hydroxyl groups excluding tert-OH is 2. The van der Waals surface area contributed by atoms with Gasteiger partial charge < -0.3 is 34.8 Å². The van der Waals surface area contributed by atoms with E-state index in [-0.39, 0.29) is 17.0 Å². The fourth-order valence-electron chi connectivity index (χ4n) is 2.95. The lowest BCUT2D eigenvalue weighted by Crippen LogP contribution is -2.33. The predicted octanol–water partition coefficient (Wildman–Crippen LogP) is -1.13. The highest BCUT2D eigenvalue weighted by Gasteiger charge is 2.45. The number of amides is 2. The highest BCUT2D eigenvalue weighted by Crippen LogP contribution is 2.43. The van der Waals surface area contributed by atoms with Crippen molar-refractivity contribution in [2.24, 2.45) is 0 Å². The summed E-state index contributed by atoms with van der Waals surface area (Å²) in [5, 5.41) is 34.3. The number of fused-ring (bicyclic) bond motifs is 1. The number of carbonyl (C=O) groups excluding carboxylic acids is 1. The number of urea groups is 1. The number of nitrogens with one attached hydrogen (secondary N) is 2. The van der Waals surface area contributed by atoms with Crippen LogP contribution >= 0.6 is 7.60 Å². The number of carboxylic acid groups (broad SMARTS) is 1. The van der Waals surface area contributed by atoms with E-state index in [0.717, 1.165) is 6.33 Å². The Kier molecular flexibility index (Phi) is 6.83. The van der Waals surface area contributed by atoms with Crippen LogP contribution in [-0.2, 0) is 18.6 Å². The average Bonchev–Trinajstić information content (AvgIpc) is 3.22. The number of anilines is 1. The van der Waals surface area contributed by atoms with E-state index in [1.165, 1.54) is 10.9 Å². The van der Waals surface area contributed by atoms with Gasteiger partial charge in [-0.3, -0.25) is 19.2 Å². The molecule has 1 saturated heterocycles. The SMILES string of the molecule is CCNC(=O)Nc1ncnc2c1ncn2[C@@H]1O[C@H](COP(=O)(O)CC(=O)O)C(O)[C@@H]1O. The second kappa shape index (κ2) is 9.21. The van der Waals surface area contributed by atoms with E-state index >= 15 is 0 Å². The standard InChI is InChI=1S/C15H21N6O9P/c1-2-16-15(26)20-12-9-13(18-5-17-12)21(6-19-9)14-11(25)10(24)7(30-14)3-29-31(27,28)4-8(22)23/h5-7,10-11,14,24-25H,2-4H2,1H3,(H,22,23)(H,27,28)(H2,16,17,18,20,26)/t7-,10?,11+,14-/m1/s1. The summed E-state index contributed by atoms with van der Waals surface area (Å²) >= 11 is 0. The van der Waals surface area contributed by atoms with Gasteiger partial charge in [-0.25, -0.2) is 19.7 Å². The normalized spacial score (nSPS) is 25.3. The number of nitrogens with zero attached hydrogens (tertiary/aromatic N) is 4. The van der Waals surface area contributed by atoms with E-state index in [4.69, 9.17) is 14.4 Å². The minimum Gasteiger partial charge on any atom is -0.481 e. The van der Waals surface area contributed by atoms with Crippen LogP contribution in [0.2, 0.25) is 0 Å². The van der Waals surface area contributed by atoms with Gasteiger partial charge >= 0.3 is 19.6 Å². The highest BCUT2D eigenvalue weighted by molar-refractivity contribution is 7.53. The van der Waals surface area contributed by atoms with Gasteiger partial charge in [-0.1, -0.05) is 0 Å². The third-order valence-corrected chi connectivity index (χ3v) is 5.54. The molecule has 170 valence electrons. The third kappa shape index (κ3) is 5.15. The zero-order valence-electron chi connectivity index (χ0n) is 16.2. The van der Waals surface area contributed by atoms with Crippen LogP contribution in [0.25, 0.3) is 11.2 Å². The summed E-state index contributed by atoms with van der Waals surface area (Å²) in [6.07, 6.45) is -4.13. The van der Waals surface area contributed by atoms with Gasteiger partial charge in [0.15, 0.2) is 23.2 Å². The minimum absolute atomic E-state index is 0.109. The summed E-state index contributed by atoms with van der Waals surface area (Å²) in [6.45, 7) is 1.50. The molecule has 15 nitrogen and oxygen atoms in total. The number of carboxylic acids is 1. The Hall–Kier alpha value is -2.68. The molecule has 2 aromatic rings. The Morgan fingerprint density at radius 2 is 2.03 bits per heavy atom. The zero-order chi connectivity index (χ0) is 22.8. The number of aliphatic hydroxyl groups is 2. The van der Waals surface area contributed by atoms with Crippen LogP contribution in [0.5, 0.6) is 0 Å². The van der Waals surface area contributed by atoms with Gasteiger partial charge in [0.05, 0.1) is 12.9 Å². The van der Waals surface area contributed by atoms with Crippen LogP contribution < -0.4 is 10.6 Å². The van der Waals surface area contributed by atoms with Crippen molar-refractivity contribution in [2.45, 2.75) is 31.5 Å². The van der Waals surface area contributed by atoms with E-state index in [2.05, 4.69) is 25.6 Å². The van der Waals surface area contributed by atoms with Crippen LogP contribution in [0.1, 0.15) is 13.2 Å². The maximum Gasteiger partial charge on any atom is 0.339 e. The lowest BCUT2D eigenvalue weighted by Gasteiger charge is -2.17. The molecule has 2 amide bonds. The van der Waals surface area contributed by atoms with Gasteiger partial charge in [0.25, 0.3) is 0 Å². The molecule has 3 heterocycles. The van der Waals surface area contributed by atoms with Crippen LogP contribution in [0, 0.1) is 0 Å². The summed E-state index contributed by atoms with van der Waals surface area (Å²) in [4.78, 5) is 44.0. The molecule has 0 aromatic carbocycles. The Labute approximate surface area is 174 Å². The van der Waals surface area contributed by atoms with Gasteiger partial charge in [0.2, 0.25) is 0 Å². The molecule has 31 heavy (non-hydrogen) atoms. The van der Waals surface area contributed by atoms with Crippen LogP contribution in [0.3, 0.4) is 0 Å². The predicted molar refractivity (Wildman–Crippen MR) is 102 cm³/mol. The van der Waals surface area contributed by atoms with Crippen molar-refractivity contribution in [2.75, 3.05) is 24.6 Å². The zero-order valence-corrected chi connectivity index (χ0v) is 17.0. The molecule has 0 aliphatic carbocycles. The molecular weight excluding hydrogens is 439 g/mol. The number of ether oxygens (including phenoxy) is 1. The number of aromatic nitrogens is 4. The minimum atomic E-state index is -4.45. The Morgan fingerprint density at radius 3 is 2.71 bits per heavy atom. The molecule has 0 bridgehead atoms. The van der Waals surface area contributed by atoms with Gasteiger partial charge in [0, 0.05) is 6.54 Å². The van der Waals surface area contributed by atoms with Crippen molar-refractivity contribution in [3.05, 3.63) is 12.7 Å². The number of hydrogen-bond donors (Lipinski definition) is 6. The second-order valence-electron chi connectivity index (χ2n) is 6.56. The van der Waals surface area contributed by atoms with E-state index in [1.807, 2.05) is 0 Å². The fraction of sp³-hybridized carbons (Fsp3) is 0.533. The summed E-state index contributed by atoms with van der Waals surface area (Å²) in [5.74, 6) is -1.42. The maximum atomic E-state index is 11.8. The average molecular weight is 460 g/mol. The van der Waals surface area contributed by atoms with Gasteiger partial charge in [-0.05, 0) is 6.92 Å². The first-order valence-corrected chi connectivity index (χ1v) is 10.8. The number of hydrogen-bond acceptors (Lipinski definition) is 10. The van der Waals surface area contributed by atoms with Crippen LogP contribution in [-0.4, -0.2) is 89.4 Å². The number of rotatable bonds is 8. The van der Waals surface area contributed by atoms with Gasteiger partial charge in [-0.2, -0.15) is 0 Å². The topological polar surface area (TPSA) is 218 Å².